The summed E-state index contributed by atoms with van der Waals surface area (Å²) in [6.45, 7) is 0.547. The Bertz CT molecular complexity index is 655. The summed E-state index contributed by atoms with van der Waals surface area (Å²) in [7, 11) is -4.10. The number of halogens is 3. The van der Waals surface area contributed by atoms with Crippen LogP contribution in [0.2, 0.25) is 0 Å². The van der Waals surface area contributed by atoms with Gasteiger partial charge in [-0.2, -0.15) is 13.2 Å². The van der Waals surface area contributed by atoms with Crippen molar-refractivity contribution in [3.8, 4) is 0 Å². The van der Waals surface area contributed by atoms with Gasteiger partial charge in [-0.1, -0.05) is 0 Å². The molecule has 1 aromatic rings. The highest BCUT2D eigenvalue weighted by Gasteiger charge is 2.46. The number of nitrogens with zero attached hydrogens (tertiary/aromatic N) is 1. The van der Waals surface area contributed by atoms with Gasteiger partial charge < -0.3 is 9.64 Å². The number of rotatable bonds is 3. The largest absolute Gasteiger partial charge is 0.501 e. The maximum Gasteiger partial charge on any atom is 0.501 e. The fourth-order valence-corrected chi connectivity index (χ4v) is 3.17. The summed E-state index contributed by atoms with van der Waals surface area (Å²) in [6, 6.07) is 3.81. The van der Waals surface area contributed by atoms with Gasteiger partial charge >= 0.3 is 11.5 Å². The van der Waals surface area contributed by atoms with Crippen LogP contribution in [0.5, 0.6) is 0 Å². The van der Waals surface area contributed by atoms with Gasteiger partial charge in [0.15, 0.2) is 0 Å². The number of sulfone groups is 1. The normalized spacial score (nSPS) is 19.3. The molecule has 0 N–H and O–H groups in total. The Morgan fingerprint density at radius 3 is 2.36 bits per heavy atom. The summed E-state index contributed by atoms with van der Waals surface area (Å²) >= 11 is 0. The van der Waals surface area contributed by atoms with Crippen LogP contribution >= 0.6 is 0 Å². The van der Waals surface area contributed by atoms with E-state index in [4.69, 9.17) is 0 Å². The summed E-state index contributed by atoms with van der Waals surface area (Å²) in [5.41, 5.74) is -4.86. The summed E-state index contributed by atoms with van der Waals surface area (Å²) in [5.74, 6) is -0.426. The van der Waals surface area contributed by atoms with Crippen molar-refractivity contribution < 1.29 is 31.1 Å². The third kappa shape index (κ3) is 2.90. The third-order valence-corrected chi connectivity index (χ3v) is 5.01. The van der Waals surface area contributed by atoms with Crippen LogP contribution < -0.4 is 4.90 Å². The average Bonchev–Trinajstić information content (AvgIpc) is 2.94. The SMILES string of the molecule is COC(=O)C1CCCN1c1ccc(S(=O)(=O)C(F)(F)F)cc1. The molecule has 9 heteroatoms. The molecule has 1 aliphatic rings. The van der Waals surface area contributed by atoms with Gasteiger partial charge in [-0.3, -0.25) is 0 Å². The van der Waals surface area contributed by atoms with Crippen molar-refractivity contribution in [3.63, 3.8) is 0 Å². The van der Waals surface area contributed by atoms with Crippen LogP contribution in [0.15, 0.2) is 29.2 Å². The van der Waals surface area contributed by atoms with Gasteiger partial charge in [-0.25, -0.2) is 13.2 Å². The average molecular weight is 337 g/mol. The van der Waals surface area contributed by atoms with E-state index in [0.717, 1.165) is 18.6 Å². The van der Waals surface area contributed by atoms with Crippen LogP contribution in [0, 0.1) is 0 Å². The lowest BCUT2D eigenvalue weighted by Crippen LogP contribution is -2.36. The Balaban J connectivity index is 2.28. The number of alkyl halides is 3. The minimum Gasteiger partial charge on any atom is -0.467 e. The number of benzene rings is 1. The van der Waals surface area contributed by atoms with E-state index in [2.05, 4.69) is 4.74 Å². The molecule has 1 unspecified atom stereocenters. The number of anilines is 1. The quantitative estimate of drug-likeness (QED) is 0.791. The van der Waals surface area contributed by atoms with Gasteiger partial charge in [-0.05, 0) is 37.1 Å². The van der Waals surface area contributed by atoms with Crippen LogP contribution in [-0.4, -0.2) is 39.6 Å². The zero-order chi connectivity index (χ0) is 16.5. The standard InChI is InChI=1S/C13H14F3NO4S/c1-21-12(18)11-3-2-8-17(11)9-4-6-10(7-5-9)22(19,20)13(14,15)16/h4-7,11H,2-3,8H2,1H3. The summed E-state index contributed by atoms with van der Waals surface area (Å²) in [5, 5.41) is 0. The molecule has 22 heavy (non-hydrogen) atoms. The first-order chi connectivity index (χ1) is 10.2. The highest BCUT2D eigenvalue weighted by atomic mass is 32.2. The fourth-order valence-electron chi connectivity index (χ4n) is 2.41. The van der Waals surface area contributed by atoms with E-state index < -0.39 is 32.3 Å². The number of esters is 1. The number of carbonyl (C=O) groups excluding carboxylic acids is 1. The van der Waals surface area contributed by atoms with Gasteiger partial charge in [0.1, 0.15) is 6.04 Å². The molecule has 0 aliphatic carbocycles. The zero-order valence-corrected chi connectivity index (χ0v) is 12.4. The minimum atomic E-state index is -5.36. The predicted octanol–water partition coefficient (Wildman–Crippen LogP) is 2.12. The lowest BCUT2D eigenvalue weighted by atomic mass is 10.2. The van der Waals surface area contributed by atoms with Crippen molar-refractivity contribution in [1.29, 1.82) is 0 Å². The van der Waals surface area contributed by atoms with Crippen molar-refractivity contribution in [1.82, 2.24) is 0 Å². The van der Waals surface area contributed by atoms with E-state index in [1.807, 2.05) is 0 Å². The number of hydrogen-bond donors (Lipinski definition) is 0. The molecule has 122 valence electrons. The molecule has 1 atom stereocenters. The van der Waals surface area contributed by atoms with Crippen LogP contribution in [0.25, 0.3) is 0 Å². The first-order valence-electron chi connectivity index (χ1n) is 6.44. The number of hydrogen-bond acceptors (Lipinski definition) is 5. The molecule has 0 aromatic heterocycles. The third-order valence-electron chi connectivity index (χ3n) is 3.51. The second kappa shape index (κ2) is 5.79. The Morgan fingerprint density at radius 1 is 1.27 bits per heavy atom. The Kier molecular flexibility index (Phi) is 4.37. The van der Waals surface area contributed by atoms with E-state index in [1.165, 1.54) is 19.2 Å². The van der Waals surface area contributed by atoms with Crippen molar-refractivity contribution >= 4 is 21.5 Å². The lowest BCUT2D eigenvalue weighted by Gasteiger charge is -2.24. The maximum atomic E-state index is 12.5. The van der Waals surface area contributed by atoms with E-state index >= 15 is 0 Å². The molecule has 0 spiro atoms. The summed E-state index contributed by atoms with van der Waals surface area (Å²) in [6.07, 6.45) is 1.32. The van der Waals surface area contributed by atoms with Crippen LogP contribution in [-0.2, 0) is 19.4 Å². The van der Waals surface area contributed by atoms with Gasteiger partial charge in [-0.15, -0.1) is 0 Å². The van der Waals surface area contributed by atoms with Crippen LogP contribution in [0.4, 0.5) is 18.9 Å². The first kappa shape index (κ1) is 16.6. The molecule has 0 amide bonds. The first-order valence-corrected chi connectivity index (χ1v) is 7.92. The molecule has 1 heterocycles. The van der Waals surface area contributed by atoms with Gasteiger partial charge in [0.05, 0.1) is 12.0 Å². The fraction of sp³-hybridized carbons (Fsp3) is 0.462. The second-order valence-corrected chi connectivity index (χ2v) is 6.76. The van der Waals surface area contributed by atoms with E-state index in [9.17, 15) is 26.4 Å². The number of carbonyl (C=O) groups is 1. The van der Waals surface area contributed by atoms with Crippen LogP contribution in [0.1, 0.15) is 12.8 Å². The second-order valence-electron chi connectivity index (χ2n) is 4.82. The summed E-state index contributed by atoms with van der Waals surface area (Å²) < 4.78 is 64.7. The molecule has 0 bridgehead atoms. The molecule has 0 saturated carbocycles. The minimum absolute atomic E-state index is 0.426. The molecular formula is C13H14F3NO4S. The molecular weight excluding hydrogens is 323 g/mol. The molecule has 2 rings (SSSR count). The van der Waals surface area contributed by atoms with Gasteiger partial charge in [0.25, 0.3) is 9.84 Å². The molecule has 1 aliphatic heterocycles. The van der Waals surface area contributed by atoms with Crippen LogP contribution in [0.3, 0.4) is 0 Å². The van der Waals surface area contributed by atoms with Gasteiger partial charge in [0, 0.05) is 12.2 Å². The zero-order valence-electron chi connectivity index (χ0n) is 11.6. The topological polar surface area (TPSA) is 63.7 Å². The van der Waals surface area contributed by atoms with E-state index in [0.29, 0.717) is 18.7 Å². The van der Waals surface area contributed by atoms with Crippen molar-refractivity contribution in [2.75, 3.05) is 18.6 Å². The maximum absolute atomic E-state index is 12.5. The highest BCUT2D eigenvalue weighted by molar-refractivity contribution is 7.92. The molecule has 1 saturated heterocycles. The van der Waals surface area contributed by atoms with E-state index in [1.54, 1.807) is 4.90 Å². The molecule has 1 aromatic carbocycles. The lowest BCUT2D eigenvalue weighted by molar-refractivity contribution is -0.141. The monoisotopic (exact) mass is 337 g/mol. The Labute approximate surface area is 125 Å². The van der Waals surface area contributed by atoms with Crippen molar-refractivity contribution in [2.24, 2.45) is 0 Å². The Hall–Kier alpha value is -1.77. The predicted molar refractivity (Wildman–Crippen MR) is 72.1 cm³/mol. The van der Waals surface area contributed by atoms with Gasteiger partial charge in [0.2, 0.25) is 0 Å². The summed E-state index contributed by atoms with van der Waals surface area (Å²) in [4.78, 5) is 12.5. The smallest absolute Gasteiger partial charge is 0.467 e. The van der Waals surface area contributed by atoms with Crippen molar-refractivity contribution in [3.05, 3.63) is 24.3 Å². The number of ether oxygens (including phenoxy) is 1. The van der Waals surface area contributed by atoms with Crippen molar-refractivity contribution in [2.45, 2.75) is 29.3 Å². The molecule has 1 fully saturated rings. The number of methoxy groups -OCH3 is 1. The molecule has 0 radical (unpaired) electrons. The molecule has 5 nitrogen and oxygen atoms in total. The van der Waals surface area contributed by atoms with E-state index in [-0.39, 0.29) is 0 Å². The highest BCUT2D eigenvalue weighted by Crippen LogP contribution is 2.32. The Morgan fingerprint density at radius 2 is 1.86 bits per heavy atom.